The quantitative estimate of drug-likeness (QED) is 0.611. The highest BCUT2D eigenvalue weighted by atomic mass is 32.2. The smallest absolute Gasteiger partial charge is 0.313 e. The number of hydrogen-bond donors (Lipinski definition) is 2. The fourth-order valence-corrected chi connectivity index (χ4v) is 3.38. The van der Waals surface area contributed by atoms with E-state index in [0.29, 0.717) is 10.4 Å². The number of thioether (sulfide) groups is 1. The normalized spacial score (nSPS) is 11.8. The number of benzene rings is 2. The number of hydrogen-bond acceptors (Lipinski definition) is 2. The second kappa shape index (κ2) is 6.56. The zero-order valence-electron chi connectivity index (χ0n) is 14.4. The summed E-state index contributed by atoms with van der Waals surface area (Å²) in [7, 11) is 0. The molecule has 0 saturated heterocycles. The monoisotopic (exact) mass is 357 g/mol. The van der Waals surface area contributed by atoms with Crippen molar-refractivity contribution in [3.63, 3.8) is 0 Å². The molecule has 0 unspecified atom stereocenters. The van der Waals surface area contributed by atoms with Gasteiger partial charge in [0.05, 0.1) is 5.75 Å². The molecule has 130 valence electrons. The fraction of sp³-hybridized carbons (Fsp3) is 0.250. The number of rotatable bonds is 4. The molecule has 1 heterocycles. The molecule has 0 bridgehead atoms. The van der Waals surface area contributed by atoms with Crippen molar-refractivity contribution in [2.45, 2.75) is 31.1 Å². The molecule has 0 amide bonds. The van der Waals surface area contributed by atoms with Crippen LogP contribution in [-0.4, -0.2) is 21.8 Å². The third kappa shape index (κ3) is 3.87. The Hall–Kier alpha value is -2.27. The number of aliphatic carboxylic acids is 1. The van der Waals surface area contributed by atoms with Crippen LogP contribution in [0, 0.1) is 5.82 Å². The molecule has 0 fully saturated rings. The lowest BCUT2D eigenvalue weighted by Crippen LogP contribution is -2.10. The largest absolute Gasteiger partial charge is 0.481 e. The molecule has 5 heteroatoms. The van der Waals surface area contributed by atoms with Crippen LogP contribution >= 0.6 is 11.8 Å². The molecule has 0 aliphatic heterocycles. The summed E-state index contributed by atoms with van der Waals surface area (Å²) < 4.78 is 14.2. The van der Waals surface area contributed by atoms with Gasteiger partial charge in [-0.05, 0) is 40.8 Å². The van der Waals surface area contributed by atoms with E-state index in [0.717, 1.165) is 28.4 Å². The number of H-pyrrole nitrogens is 1. The summed E-state index contributed by atoms with van der Waals surface area (Å²) in [5.41, 5.74) is 3.94. The molecule has 25 heavy (non-hydrogen) atoms. The molecule has 2 aromatic carbocycles. The van der Waals surface area contributed by atoms with E-state index in [2.05, 4.69) is 37.9 Å². The Morgan fingerprint density at radius 3 is 2.64 bits per heavy atom. The summed E-state index contributed by atoms with van der Waals surface area (Å²) in [5, 5.41) is 9.64. The number of aromatic amines is 1. The molecule has 0 saturated carbocycles. The van der Waals surface area contributed by atoms with Gasteiger partial charge in [0.25, 0.3) is 0 Å². The van der Waals surface area contributed by atoms with E-state index in [1.807, 2.05) is 18.2 Å². The maximum Gasteiger partial charge on any atom is 0.313 e. The molecule has 0 aliphatic rings. The van der Waals surface area contributed by atoms with Crippen LogP contribution in [0.4, 0.5) is 4.39 Å². The van der Waals surface area contributed by atoms with E-state index in [1.165, 1.54) is 11.6 Å². The first kappa shape index (κ1) is 17.5. The van der Waals surface area contributed by atoms with Crippen molar-refractivity contribution in [3.05, 3.63) is 53.8 Å². The van der Waals surface area contributed by atoms with Crippen LogP contribution in [0.3, 0.4) is 0 Å². The Morgan fingerprint density at radius 2 is 1.96 bits per heavy atom. The van der Waals surface area contributed by atoms with Crippen molar-refractivity contribution in [1.29, 1.82) is 0 Å². The summed E-state index contributed by atoms with van der Waals surface area (Å²) in [4.78, 5) is 14.3. The van der Waals surface area contributed by atoms with Gasteiger partial charge < -0.3 is 10.1 Å². The fourth-order valence-electron chi connectivity index (χ4n) is 2.69. The van der Waals surface area contributed by atoms with Gasteiger partial charge in [0, 0.05) is 21.5 Å². The zero-order chi connectivity index (χ0) is 18.2. The van der Waals surface area contributed by atoms with Crippen molar-refractivity contribution in [1.82, 2.24) is 4.98 Å². The Labute approximate surface area is 150 Å². The molecule has 0 radical (unpaired) electrons. The van der Waals surface area contributed by atoms with Crippen molar-refractivity contribution in [2.75, 3.05) is 5.75 Å². The molecule has 1 aromatic heterocycles. The lowest BCUT2D eigenvalue weighted by molar-refractivity contribution is -0.133. The van der Waals surface area contributed by atoms with Crippen molar-refractivity contribution in [2.24, 2.45) is 0 Å². The van der Waals surface area contributed by atoms with Crippen LogP contribution in [0.2, 0.25) is 0 Å². The van der Waals surface area contributed by atoms with E-state index >= 15 is 0 Å². The minimum atomic E-state index is -0.960. The van der Waals surface area contributed by atoms with Gasteiger partial charge in [-0.3, -0.25) is 4.79 Å². The molecular formula is C20H20FNO2S. The molecule has 2 N–H and O–H groups in total. The van der Waals surface area contributed by atoms with Gasteiger partial charge in [-0.2, -0.15) is 0 Å². The van der Waals surface area contributed by atoms with E-state index in [1.54, 1.807) is 6.07 Å². The third-order valence-electron chi connectivity index (χ3n) is 4.06. The van der Waals surface area contributed by atoms with E-state index in [4.69, 9.17) is 5.11 Å². The number of halogens is 1. The van der Waals surface area contributed by atoms with Crippen LogP contribution < -0.4 is 0 Å². The highest BCUT2D eigenvalue weighted by molar-refractivity contribution is 8.00. The van der Waals surface area contributed by atoms with Gasteiger partial charge >= 0.3 is 5.97 Å². The zero-order valence-corrected chi connectivity index (χ0v) is 15.2. The summed E-state index contributed by atoms with van der Waals surface area (Å²) in [6, 6.07) is 13.4. The molecule has 0 atom stereocenters. The molecule has 3 rings (SSSR count). The predicted molar refractivity (Wildman–Crippen MR) is 101 cm³/mol. The predicted octanol–water partition coefficient (Wildman–Crippen LogP) is 5.45. The first-order valence-corrected chi connectivity index (χ1v) is 9.00. The minimum absolute atomic E-state index is 0.0504. The molecule has 0 aliphatic carbocycles. The molecular weight excluding hydrogens is 337 g/mol. The van der Waals surface area contributed by atoms with Crippen LogP contribution in [0.5, 0.6) is 0 Å². The third-order valence-corrected chi connectivity index (χ3v) is 5.08. The Kier molecular flexibility index (Phi) is 4.60. The average Bonchev–Trinajstić information content (AvgIpc) is 2.94. The van der Waals surface area contributed by atoms with Gasteiger partial charge in [0.2, 0.25) is 0 Å². The summed E-state index contributed by atoms with van der Waals surface area (Å²) in [6.07, 6.45) is 0. The SMILES string of the molecule is CC(C)(C)c1cccc(-c2cc3cc(SCC(=O)O)c(F)cc3[nH]2)c1. The number of carbonyl (C=O) groups is 1. The van der Waals surface area contributed by atoms with Gasteiger partial charge in [-0.1, -0.05) is 39.0 Å². The maximum atomic E-state index is 14.2. The van der Waals surface area contributed by atoms with Crippen LogP contribution in [0.15, 0.2) is 47.4 Å². The first-order chi connectivity index (χ1) is 11.7. The molecule has 3 aromatic rings. The topological polar surface area (TPSA) is 53.1 Å². The number of carboxylic acid groups (broad SMARTS) is 1. The summed E-state index contributed by atoms with van der Waals surface area (Å²) >= 11 is 0.992. The van der Waals surface area contributed by atoms with Gasteiger partial charge in [-0.25, -0.2) is 4.39 Å². The number of fused-ring (bicyclic) bond motifs is 1. The molecule has 3 nitrogen and oxygen atoms in total. The second-order valence-electron chi connectivity index (χ2n) is 7.07. The van der Waals surface area contributed by atoms with Crippen molar-refractivity contribution in [3.8, 4) is 11.3 Å². The first-order valence-electron chi connectivity index (χ1n) is 8.02. The van der Waals surface area contributed by atoms with E-state index in [9.17, 15) is 9.18 Å². The van der Waals surface area contributed by atoms with Gasteiger partial charge in [-0.15, -0.1) is 11.8 Å². The summed E-state index contributed by atoms with van der Waals surface area (Å²) in [5.74, 6) is -1.53. The van der Waals surface area contributed by atoms with Gasteiger partial charge in [0.1, 0.15) is 5.82 Å². The van der Waals surface area contributed by atoms with Crippen molar-refractivity contribution < 1.29 is 14.3 Å². The number of carboxylic acids is 1. The van der Waals surface area contributed by atoms with Crippen LogP contribution in [0.1, 0.15) is 26.3 Å². The number of aromatic nitrogens is 1. The van der Waals surface area contributed by atoms with Crippen LogP contribution in [-0.2, 0) is 10.2 Å². The van der Waals surface area contributed by atoms with Crippen LogP contribution in [0.25, 0.3) is 22.2 Å². The standard InChI is InChI=1S/C20H20FNO2S/c1-20(2,3)14-6-4-5-12(7-14)16-8-13-9-18(25-11-19(23)24)15(21)10-17(13)22-16/h4-10,22H,11H2,1-3H3,(H,23,24). The Balaban J connectivity index is 2.00. The van der Waals surface area contributed by atoms with Crippen molar-refractivity contribution >= 4 is 28.6 Å². The van der Waals surface area contributed by atoms with Gasteiger partial charge in [0.15, 0.2) is 0 Å². The average molecular weight is 357 g/mol. The minimum Gasteiger partial charge on any atom is -0.481 e. The highest BCUT2D eigenvalue weighted by Gasteiger charge is 2.15. The second-order valence-corrected chi connectivity index (χ2v) is 8.08. The maximum absolute atomic E-state index is 14.2. The van der Waals surface area contributed by atoms with E-state index in [-0.39, 0.29) is 11.2 Å². The Bertz CT molecular complexity index is 941. The molecule has 0 spiro atoms. The lowest BCUT2D eigenvalue weighted by Gasteiger charge is -2.19. The highest BCUT2D eigenvalue weighted by Crippen LogP contribution is 2.32. The van der Waals surface area contributed by atoms with E-state index < -0.39 is 11.8 Å². The number of nitrogens with one attached hydrogen (secondary N) is 1. The Morgan fingerprint density at radius 1 is 1.20 bits per heavy atom. The summed E-state index contributed by atoms with van der Waals surface area (Å²) in [6.45, 7) is 6.50. The lowest BCUT2D eigenvalue weighted by atomic mass is 9.86.